The van der Waals surface area contributed by atoms with Crippen molar-refractivity contribution in [1.29, 1.82) is 0 Å². The zero-order valence-corrected chi connectivity index (χ0v) is 12.7. The maximum absolute atomic E-state index is 12.1. The van der Waals surface area contributed by atoms with Gasteiger partial charge in [-0.05, 0) is 35.7 Å². The van der Waals surface area contributed by atoms with Gasteiger partial charge < -0.3 is 14.8 Å². The van der Waals surface area contributed by atoms with Crippen molar-refractivity contribution in [3.05, 3.63) is 59.7 Å². The van der Waals surface area contributed by atoms with Gasteiger partial charge in [0.05, 0.1) is 6.61 Å². The second-order valence-electron chi connectivity index (χ2n) is 5.64. The summed E-state index contributed by atoms with van der Waals surface area (Å²) in [6.07, 6.45) is 1.00. The van der Waals surface area contributed by atoms with Gasteiger partial charge in [-0.1, -0.05) is 30.3 Å². The van der Waals surface area contributed by atoms with Crippen molar-refractivity contribution in [3.63, 3.8) is 0 Å². The van der Waals surface area contributed by atoms with Gasteiger partial charge >= 0.3 is 6.61 Å². The largest absolute Gasteiger partial charge is 0.493 e. The van der Waals surface area contributed by atoms with Crippen molar-refractivity contribution >= 4 is 0 Å². The van der Waals surface area contributed by atoms with Crippen LogP contribution < -0.4 is 14.8 Å². The number of benzene rings is 2. The van der Waals surface area contributed by atoms with Gasteiger partial charge in [0.2, 0.25) is 0 Å². The number of rotatable bonds is 6. The number of hydrogen-bond donors (Lipinski definition) is 1. The van der Waals surface area contributed by atoms with Crippen LogP contribution in [0.3, 0.4) is 0 Å². The Balaban J connectivity index is 1.45. The SMILES string of the molecule is FC(F)Oc1ccc(CNCC2COc3ccccc3C2)cc1. The zero-order valence-electron chi connectivity index (χ0n) is 12.7. The van der Waals surface area contributed by atoms with Crippen molar-refractivity contribution in [3.8, 4) is 11.5 Å². The fourth-order valence-corrected chi connectivity index (χ4v) is 2.73. The monoisotopic (exact) mass is 319 g/mol. The third kappa shape index (κ3) is 4.42. The minimum absolute atomic E-state index is 0.182. The van der Waals surface area contributed by atoms with Gasteiger partial charge in [-0.25, -0.2) is 0 Å². The molecular weight excluding hydrogens is 300 g/mol. The summed E-state index contributed by atoms with van der Waals surface area (Å²) in [6, 6.07) is 14.8. The number of hydrogen-bond acceptors (Lipinski definition) is 3. The van der Waals surface area contributed by atoms with E-state index >= 15 is 0 Å². The van der Waals surface area contributed by atoms with E-state index in [1.807, 2.05) is 18.2 Å². The van der Waals surface area contributed by atoms with Crippen molar-refractivity contribution in [2.24, 2.45) is 5.92 Å². The van der Waals surface area contributed by atoms with Crippen molar-refractivity contribution in [2.75, 3.05) is 13.2 Å². The van der Waals surface area contributed by atoms with Crippen LogP contribution in [0.5, 0.6) is 11.5 Å². The molecule has 0 fully saturated rings. The Morgan fingerprint density at radius 2 is 1.91 bits per heavy atom. The van der Waals surface area contributed by atoms with E-state index in [1.54, 1.807) is 24.3 Å². The van der Waals surface area contributed by atoms with E-state index in [-0.39, 0.29) is 5.75 Å². The molecule has 0 spiro atoms. The van der Waals surface area contributed by atoms with E-state index in [0.29, 0.717) is 19.1 Å². The Morgan fingerprint density at radius 1 is 1.13 bits per heavy atom. The molecule has 1 N–H and O–H groups in total. The standard InChI is InChI=1S/C18H19F2NO2/c19-18(20)23-16-7-5-13(6-8-16)10-21-11-14-9-15-3-1-2-4-17(15)22-12-14/h1-8,14,18,21H,9-12H2. The summed E-state index contributed by atoms with van der Waals surface area (Å²) in [7, 11) is 0. The molecule has 0 radical (unpaired) electrons. The minimum atomic E-state index is -2.78. The molecule has 3 nitrogen and oxygen atoms in total. The van der Waals surface area contributed by atoms with Gasteiger partial charge in [-0.2, -0.15) is 8.78 Å². The number of ether oxygens (including phenoxy) is 2. The van der Waals surface area contributed by atoms with Crippen molar-refractivity contribution < 1.29 is 18.3 Å². The summed E-state index contributed by atoms with van der Waals surface area (Å²) in [5.74, 6) is 1.60. The van der Waals surface area contributed by atoms with Crippen LogP contribution in [0, 0.1) is 5.92 Å². The number of alkyl halides is 2. The smallest absolute Gasteiger partial charge is 0.387 e. The second-order valence-corrected chi connectivity index (χ2v) is 5.64. The fraction of sp³-hybridized carbons (Fsp3) is 0.333. The molecule has 1 aliphatic heterocycles. The fourth-order valence-electron chi connectivity index (χ4n) is 2.73. The van der Waals surface area contributed by atoms with Crippen LogP contribution in [0.1, 0.15) is 11.1 Å². The lowest BCUT2D eigenvalue weighted by atomic mass is 9.97. The highest BCUT2D eigenvalue weighted by atomic mass is 19.3. The second kappa shape index (κ2) is 7.42. The predicted octanol–water partition coefficient (Wildman–Crippen LogP) is 3.63. The number of fused-ring (bicyclic) bond motifs is 1. The van der Waals surface area contributed by atoms with E-state index in [1.165, 1.54) is 5.56 Å². The first kappa shape index (κ1) is 15.7. The summed E-state index contributed by atoms with van der Waals surface area (Å²) in [4.78, 5) is 0. The third-order valence-electron chi connectivity index (χ3n) is 3.87. The highest BCUT2D eigenvalue weighted by Crippen LogP contribution is 2.26. The molecule has 1 aliphatic rings. The third-order valence-corrected chi connectivity index (χ3v) is 3.87. The van der Waals surface area contributed by atoms with Gasteiger partial charge in [0, 0.05) is 19.0 Å². The molecule has 5 heteroatoms. The molecule has 3 rings (SSSR count). The molecular formula is C18H19F2NO2. The lowest BCUT2D eigenvalue weighted by Crippen LogP contribution is -2.31. The van der Waals surface area contributed by atoms with E-state index in [2.05, 4.69) is 16.1 Å². The molecule has 1 atom stereocenters. The van der Waals surface area contributed by atoms with E-state index in [9.17, 15) is 8.78 Å². The molecule has 0 saturated carbocycles. The topological polar surface area (TPSA) is 30.5 Å². The van der Waals surface area contributed by atoms with Gasteiger partial charge in [0.1, 0.15) is 11.5 Å². The minimum Gasteiger partial charge on any atom is -0.493 e. The van der Waals surface area contributed by atoms with Crippen LogP contribution in [0.15, 0.2) is 48.5 Å². The molecule has 122 valence electrons. The van der Waals surface area contributed by atoms with Gasteiger partial charge in [0.15, 0.2) is 0 Å². The summed E-state index contributed by atoms with van der Waals surface area (Å²) in [6.45, 7) is -0.532. The summed E-state index contributed by atoms with van der Waals surface area (Å²) in [5, 5.41) is 3.39. The van der Waals surface area contributed by atoms with Crippen molar-refractivity contribution in [1.82, 2.24) is 5.32 Å². The molecule has 0 bridgehead atoms. The molecule has 1 unspecified atom stereocenters. The molecule has 2 aromatic carbocycles. The van der Waals surface area contributed by atoms with Crippen LogP contribution >= 0.6 is 0 Å². The normalized spacial score (nSPS) is 16.7. The first-order valence-electron chi connectivity index (χ1n) is 7.66. The predicted molar refractivity (Wildman–Crippen MR) is 83.9 cm³/mol. The zero-order chi connectivity index (χ0) is 16.1. The average molecular weight is 319 g/mol. The first-order valence-corrected chi connectivity index (χ1v) is 7.66. The van der Waals surface area contributed by atoms with E-state index in [0.717, 1.165) is 24.3 Å². The van der Waals surface area contributed by atoms with Crippen LogP contribution in [-0.4, -0.2) is 19.8 Å². The Hall–Kier alpha value is -2.14. The quantitative estimate of drug-likeness (QED) is 0.882. The molecule has 2 aromatic rings. The Morgan fingerprint density at radius 3 is 2.70 bits per heavy atom. The van der Waals surface area contributed by atoms with E-state index in [4.69, 9.17) is 4.74 Å². The number of para-hydroxylation sites is 1. The Labute approximate surface area is 134 Å². The first-order chi connectivity index (χ1) is 11.2. The molecule has 0 aromatic heterocycles. The van der Waals surface area contributed by atoms with Crippen LogP contribution in [0.2, 0.25) is 0 Å². The van der Waals surface area contributed by atoms with Crippen molar-refractivity contribution in [2.45, 2.75) is 19.6 Å². The highest BCUT2D eigenvalue weighted by Gasteiger charge is 2.18. The van der Waals surface area contributed by atoms with Crippen LogP contribution in [0.4, 0.5) is 8.78 Å². The maximum Gasteiger partial charge on any atom is 0.387 e. The maximum atomic E-state index is 12.1. The molecule has 23 heavy (non-hydrogen) atoms. The number of nitrogens with one attached hydrogen (secondary N) is 1. The van der Waals surface area contributed by atoms with Gasteiger partial charge in [-0.15, -0.1) is 0 Å². The number of halogens is 2. The molecule has 0 amide bonds. The molecule has 0 aliphatic carbocycles. The lowest BCUT2D eigenvalue weighted by molar-refractivity contribution is -0.0498. The summed E-state index contributed by atoms with van der Waals surface area (Å²) < 4.78 is 34.3. The molecule has 1 heterocycles. The Kier molecular flexibility index (Phi) is 5.08. The van der Waals surface area contributed by atoms with Crippen LogP contribution in [0.25, 0.3) is 0 Å². The summed E-state index contributed by atoms with van der Waals surface area (Å²) >= 11 is 0. The average Bonchev–Trinajstić information content (AvgIpc) is 2.56. The molecule has 0 saturated heterocycles. The highest BCUT2D eigenvalue weighted by molar-refractivity contribution is 5.35. The van der Waals surface area contributed by atoms with Gasteiger partial charge in [0.25, 0.3) is 0 Å². The van der Waals surface area contributed by atoms with E-state index < -0.39 is 6.61 Å². The van der Waals surface area contributed by atoms with Crippen LogP contribution in [-0.2, 0) is 13.0 Å². The Bertz CT molecular complexity index is 631. The lowest BCUT2D eigenvalue weighted by Gasteiger charge is -2.25. The summed E-state index contributed by atoms with van der Waals surface area (Å²) in [5.41, 5.74) is 2.28. The van der Waals surface area contributed by atoms with Gasteiger partial charge in [-0.3, -0.25) is 0 Å².